The van der Waals surface area contributed by atoms with E-state index in [-0.39, 0.29) is 5.41 Å². The number of allylic oxidation sites excluding steroid dienone is 6. The van der Waals surface area contributed by atoms with Crippen LogP contribution in [-0.2, 0) is 5.41 Å². The molecule has 0 saturated carbocycles. The summed E-state index contributed by atoms with van der Waals surface area (Å²) >= 11 is 0. The molecular formula is C25H32. The van der Waals surface area contributed by atoms with Crippen LogP contribution in [0.2, 0.25) is 0 Å². The molecule has 0 heterocycles. The van der Waals surface area contributed by atoms with E-state index in [1.54, 1.807) is 0 Å². The zero-order valence-corrected chi connectivity index (χ0v) is 16.7. The minimum Gasteiger partial charge on any atom is -0.0908 e. The Labute approximate surface area is 154 Å². The van der Waals surface area contributed by atoms with Gasteiger partial charge in [0.25, 0.3) is 0 Å². The van der Waals surface area contributed by atoms with Gasteiger partial charge in [-0.2, -0.15) is 0 Å². The molecule has 0 heteroatoms. The lowest BCUT2D eigenvalue weighted by atomic mass is 9.64. The van der Waals surface area contributed by atoms with E-state index in [1.165, 1.54) is 39.0 Å². The van der Waals surface area contributed by atoms with E-state index >= 15 is 0 Å². The Bertz CT molecular complexity index is 795. The van der Waals surface area contributed by atoms with Crippen LogP contribution in [0, 0.1) is 11.8 Å². The molecule has 4 bridgehead atoms. The van der Waals surface area contributed by atoms with Crippen LogP contribution in [0.1, 0.15) is 71.1 Å². The molecule has 1 aromatic rings. The molecule has 0 N–H and O–H groups in total. The molecule has 0 nitrogen and oxygen atoms in total. The molecule has 0 aliphatic heterocycles. The summed E-state index contributed by atoms with van der Waals surface area (Å²) in [5, 5.41) is 0. The first-order chi connectivity index (χ1) is 11.8. The van der Waals surface area contributed by atoms with Crippen molar-refractivity contribution in [1.82, 2.24) is 0 Å². The van der Waals surface area contributed by atoms with Crippen molar-refractivity contribution in [1.29, 1.82) is 0 Å². The minimum atomic E-state index is 0.0142. The van der Waals surface area contributed by atoms with Crippen LogP contribution in [0.15, 0.2) is 53.6 Å². The van der Waals surface area contributed by atoms with Crippen LogP contribution in [0.4, 0.5) is 0 Å². The second kappa shape index (κ2) is 6.48. The van der Waals surface area contributed by atoms with Gasteiger partial charge in [0.05, 0.1) is 0 Å². The molecule has 0 aromatic heterocycles. The Morgan fingerprint density at radius 1 is 1.20 bits per heavy atom. The molecule has 132 valence electrons. The summed E-state index contributed by atoms with van der Waals surface area (Å²) in [4.78, 5) is 0. The maximum atomic E-state index is 4.54. The normalized spacial score (nSPS) is 28.9. The molecule has 2 unspecified atom stereocenters. The van der Waals surface area contributed by atoms with E-state index in [0.717, 1.165) is 12.8 Å². The van der Waals surface area contributed by atoms with Gasteiger partial charge >= 0.3 is 0 Å². The van der Waals surface area contributed by atoms with Crippen molar-refractivity contribution >= 4 is 11.6 Å². The number of hydrogen-bond donors (Lipinski definition) is 0. The molecule has 0 amide bonds. The Morgan fingerprint density at radius 3 is 2.60 bits per heavy atom. The SMILES string of the molecule is C=C1C(CC)=C2/C(C)=C\CC(C)C(C)/C=C\c3cccc(c31)C2(C)C. The molecule has 4 rings (SSSR count). The maximum absolute atomic E-state index is 4.54. The maximum Gasteiger partial charge on any atom is 0.0158 e. The van der Waals surface area contributed by atoms with Crippen LogP contribution in [0.3, 0.4) is 0 Å². The number of benzene rings is 1. The van der Waals surface area contributed by atoms with E-state index < -0.39 is 0 Å². The Morgan fingerprint density at radius 2 is 1.92 bits per heavy atom. The molecule has 1 aromatic carbocycles. The van der Waals surface area contributed by atoms with Gasteiger partial charge in [-0.25, -0.2) is 0 Å². The van der Waals surface area contributed by atoms with Crippen LogP contribution in [-0.4, -0.2) is 0 Å². The third kappa shape index (κ3) is 2.86. The molecule has 0 radical (unpaired) electrons. The van der Waals surface area contributed by atoms with Gasteiger partial charge in [0.1, 0.15) is 0 Å². The summed E-state index contributed by atoms with van der Waals surface area (Å²) in [6.45, 7) is 18.6. The van der Waals surface area contributed by atoms with E-state index in [9.17, 15) is 0 Å². The van der Waals surface area contributed by atoms with Crippen molar-refractivity contribution in [3.8, 4) is 0 Å². The third-order valence-corrected chi connectivity index (χ3v) is 6.38. The molecule has 0 spiro atoms. The molecular weight excluding hydrogens is 300 g/mol. The smallest absolute Gasteiger partial charge is 0.0158 e. The monoisotopic (exact) mass is 332 g/mol. The van der Waals surface area contributed by atoms with Crippen molar-refractivity contribution < 1.29 is 0 Å². The van der Waals surface area contributed by atoms with Crippen LogP contribution in [0.5, 0.6) is 0 Å². The Hall–Kier alpha value is -1.82. The van der Waals surface area contributed by atoms with E-state index in [0.29, 0.717) is 11.8 Å². The average Bonchev–Trinajstić information content (AvgIpc) is 2.58. The van der Waals surface area contributed by atoms with Gasteiger partial charge in [-0.05, 0) is 65.0 Å². The van der Waals surface area contributed by atoms with Gasteiger partial charge in [0, 0.05) is 5.41 Å². The average molecular weight is 333 g/mol. The highest BCUT2D eigenvalue weighted by atomic mass is 14.4. The molecule has 25 heavy (non-hydrogen) atoms. The van der Waals surface area contributed by atoms with Gasteiger partial charge in [-0.15, -0.1) is 0 Å². The van der Waals surface area contributed by atoms with E-state index in [4.69, 9.17) is 0 Å². The fourth-order valence-electron chi connectivity index (χ4n) is 4.63. The number of rotatable bonds is 1. The van der Waals surface area contributed by atoms with Gasteiger partial charge in [0.15, 0.2) is 0 Å². The predicted molar refractivity (Wildman–Crippen MR) is 112 cm³/mol. The van der Waals surface area contributed by atoms with Crippen molar-refractivity contribution in [3.63, 3.8) is 0 Å². The van der Waals surface area contributed by atoms with Crippen molar-refractivity contribution in [2.24, 2.45) is 11.8 Å². The standard InChI is InChI=1S/C25H32/c1-8-21-19(5)23-20-10-9-11-22(23)25(6,7)24(21)18(4)13-12-16(2)17(3)14-15-20/h9-11,13-17H,5,8,12H2,1-4,6-7H3/b15-14-,18-13-. The minimum absolute atomic E-state index is 0.0142. The highest BCUT2D eigenvalue weighted by molar-refractivity contribution is 5.89. The Balaban J connectivity index is 2.39. The zero-order chi connectivity index (χ0) is 18.4. The Kier molecular flexibility index (Phi) is 4.66. The largest absolute Gasteiger partial charge is 0.0908 e. The summed E-state index contributed by atoms with van der Waals surface area (Å²) in [7, 11) is 0. The second-order valence-corrected chi connectivity index (χ2v) is 8.40. The molecule has 3 aliphatic carbocycles. The fraction of sp³-hybridized carbons (Fsp3) is 0.440. The number of hydrogen-bond acceptors (Lipinski definition) is 0. The summed E-state index contributed by atoms with van der Waals surface area (Å²) in [6, 6.07) is 6.76. The highest BCUT2D eigenvalue weighted by Crippen LogP contribution is 2.50. The van der Waals surface area contributed by atoms with Gasteiger partial charge < -0.3 is 0 Å². The van der Waals surface area contributed by atoms with Gasteiger partial charge in [0.2, 0.25) is 0 Å². The van der Waals surface area contributed by atoms with Crippen molar-refractivity contribution in [2.75, 3.05) is 0 Å². The molecule has 0 fully saturated rings. The van der Waals surface area contributed by atoms with Crippen molar-refractivity contribution in [3.05, 3.63) is 70.3 Å². The lowest BCUT2D eigenvalue weighted by Crippen LogP contribution is -2.29. The summed E-state index contributed by atoms with van der Waals surface area (Å²) in [5.41, 5.74) is 9.70. The lowest BCUT2D eigenvalue weighted by Gasteiger charge is -2.40. The molecule has 3 aliphatic rings. The first-order valence-corrected chi connectivity index (χ1v) is 9.71. The topological polar surface area (TPSA) is 0 Å². The van der Waals surface area contributed by atoms with Crippen LogP contribution < -0.4 is 0 Å². The first kappa shape index (κ1) is 18.0. The highest BCUT2D eigenvalue weighted by Gasteiger charge is 2.37. The first-order valence-electron chi connectivity index (χ1n) is 9.71. The zero-order valence-electron chi connectivity index (χ0n) is 16.7. The van der Waals surface area contributed by atoms with Crippen LogP contribution >= 0.6 is 0 Å². The summed E-state index contributed by atoms with van der Waals surface area (Å²) < 4.78 is 0. The predicted octanol–water partition coefficient (Wildman–Crippen LogP) is 7.33. The van der Waals surface area contributed by atoms with E-state index in [2.05, 4.69) is 84.5 Å². The lowest BCUT2D eigenvalue weighted by molar-refractivity contribution is 0.465. The van der Waals surface area contributed by atoms with Crippen LogP contribution in [0.25, 0.3) is 11.6 Å². The quantitative estimate of drug-likeness (QED) is 0.505. The van der Waals surface area contributed by atoms with Gasteiger partial charge in [-0.3, -0.25) is 0 Å². The van der Waals surface area contributed by atoms with Gasteiger partial charge in [-0.1, -0.05) is 83.2 Å². The second-order valence-electron chi connectivity index (χ2n) is 8.40. The van der Waals surface area contributed by atoms with E-state index in [1.807, 2.05) is 0 Å². The molecule has 2 atom stereocenters. The molecule has 0 saturated heterocycles. The summed E-state index contributed by atoms with van der Waals surface area (Å²) in [5.74, 6) is 1.22. The third-order valence-electron chi connectivity index (χ3n) is 6.38. The van der Waals surface area contributed by atoms with Crippen molar-refractivity contribution in [2.45, 2.75) is 59.8 Å². The summed E-state index contributed by atoms with van der Waals surface area (Å²) in [6.07, 6.45) is 9.34. The number of fused-ring (bicyclic) bond motifs is 5. The fourth-order valence-corrected chi connectivity index (χ4v) is 4.63.